The fourth-order valence-corrected chi connectivity index (χ4v) is 5.41. The first-order chi connectivity index (χ1) is 17.1. The molecule has 35 heavy (non-hydrogen) atoms. The number of hydrogen-bond acceptors (Lipinski definition) is 6. The molecule has 3 aromatic heterocycles. The molecule has 2 saturated heterocycles. The van der Waals surface area contributed by atoms with Crippen molar-refractivity contribution < 1.29 is 4.39 Å². The number of likely N-dealkylation sites (N-methyl/N-ethyl adjacent to an activating group) is 1. The molecule has 6 rings (SSSR count). The van der Waals surface area contributed by atoms with Gasteiger partial charge in [-0.05, 0) is 75.3 Å². The Bertz CT molecular complexity index is 1350. The van der Waals surface area contributed by atoms with Gasteiger partial charge >= 0.3 is 0 Å². The zero-order valence-corrected chi connectivity index (χ0v) is 20.2. The summed E-state index contributed by atoms with van der Waals surface area (Å²) in [4.78, 5) is 16.5. The zero-order valence-electron chi connectivity index (χ0n) is 20.2. The summed E-state index contributed by atoms with van der Waals surface area (Å²) in [5.41, 5.74) is 3.50. The van der Waals surface area contributed by atoms with Gasteiger partial charge in [0.25, 0.3) is 0 Å². The van der Waals surface area contributed by atoms with Crippen LogP contribution in [0, 0.1) is 5.82 Å². The molecule has 7 nitrogen and oxygen atoms in total. The van der Waals surface area contributed by atoms with Gasteiger partial charge < -0.3 is 14.7 Å². The number of aromatic nitrogens is 4. The molecule has 5 heterocycles. The van der Waals surface area contributed by atoms with Crippen LogP contribution in [0.5, 0.6) is 0 Å². The SMILES string of the molecule is CN(C)C1CCN(c2cccc(-c3cnc4ccc(N5CCC[C@@H]5c5cccc(F)c5)nn34)n2)C1. The third kappa shape index (κ3) is 4.12. The summed E-state index contributed by atoms with van der Waals surface area (Å²) in [5.74, 6) is 1.66. The maximum Gasteiger partial charge on any atom is 0.154 e. The van der Waals surface area contributed by atoms with Gasteiger partial charge in [-0.3, -0.25) is 0 Å². The number of rotatable bonds is 5. The smallest absolute Gasteiger partial charge is 0.154 e. The van der Waals surface area contributed by atoms with Gasteiger partial charge in [0.1, 0.15) is 23.1 Å². The minimum Gasteiger partial charge on any atom is -0.355 e. The minimum atomic E-state index is -0.199. The lowest BCUT2D eigenvalue weighted by atomic mass is 10.0. The molecule has 2 fully saturated rings. The summed E-state index contributed by atoms with van der Waals surface area (Å²) >= 11 is 0. The lowest BCUT2D eigenvalue weighted by Gasteiger charge is -2.26. The number of anilines is 2. The molecule has 2 atom stereocenters. The first-order valence-corrected chi connectivity index (χ1v) is 12.3. The molecule has 0 N–H and O–H groups in total. The van der Waals surface area contributed by atoms with Gasteiger partial charge in [-0.25, -0.2) is 18.9 Å². The number of fused-ring (bicyclic) bond motifs is 1. The molecule has 0 bridgehead atoms. The highest BCUT2D eigenvalue weighted by molar-refractivity contribution is 5.63. The molecule has 0 spiro atoms. The summed E-state index contributed by atoms with van der Waals surface area (Å²) in [7, 11) is 4.28. The average Bonchev–Trinajstić information content (AvgIpc) is 3.63. The van der Waals surface area contributed by atoms with Crippen molar-refractivity contribution in [3.63, 3.8) is 0 Å². The van der Waals surface area contributed by atoms with E-state index < -0.39 is 0 Å². The van der Waals surface area contributed by atoms with E-state index in [0.29, 0.717) is 6.04 Å². The highest BCUT2D eigenvalue weighted by Crippen LogP contribution is 2.36. The van der Waals surface area contributed by atoms with Crippen LogP contribution in [0.25, 0.3) is 17.0 Å². The number of nitrogens with zero attached hydrogens (tertiary/aromatic N) is 7. The maximum absolute atomic E-state index is 13.9. The van der Waals surface area contributed by atoms with Crippen LogP contribution in [0.1, 0.15) is 30.9 Å². The molecule has 8 heteroatoms. The quantitative estimate of drug-likeness (QED) is 0.430. The van der Waals surface area contributed by atoms with E-state index in [1.54, 1.807) is 12.1 Å². The second kappa shape index (κ2) is 8.92. The molecule has 2 aliphatic rings. The maximum atomic E-state index is 13.9. The predicted octanol–water partition coefficient (Wildman–Crippen LogP) is 4.41. The van der Waals surface area contributed by atoms with E-state index in [-0.39, 0.29) is 11.9 Å². The van der Waals surface area contributed by atoms with Crippen LogP contribution in [-0.2, 0) is 0 Å². The van der Waals surface area contributed by atoms with Gasteiger partial charge in [-0.1, -0.05) is 18.2 Å². The van der Waals surface area contributed by atoms with Gasteiger partial charge in [0.05, 0.1) is 17.9 Å². The standard InChI is InChI=1S/C27H30FN7/c1-32(2)21-13-15-33(18-21)26-10-4-8-22(30-26)24-17-29-25-11-12-27(31-35(24)25)34-14-5-9-23(34)19-6-3-7-20(28)16-19/h3-4,6-8,10-12,16-17,21,23H,5,9,13-15,18H2,1-2H3/t21?,23-/m1/s1. The Balaban J connectivity index is 1.32. The zero-order chi connectivity index (χ0) is 23.9. The molecule has 2 aliphatic heterocycles. The minimum absolute atomic E-state index is 0.115. The third-order valence-corrected chi connectivity index (χ3v) is 7.34. The van der Waals surface area contributed by atoms with E-state index in [1.165, 1.54) is 6.07 Å². The number of pyridine rings is 1. The van der Waals surface area contributed by atoms with Crippen LogP contribution >= 0.6 is 0 Å². The van der Waals surface area contributed by atoms with E-state index in [0.717, 1.165) is 73.1 Å². The van der Waals surface area contributed by atoms with Crippen molar-refractivity contribution >= 4 is 17.3 Å². The molecule has 180 valence electrons. The first-order valence-electron chi connectivity index (χ1n) is 12.3. The molecule has 0 amide bonds. The molecular formula is C27H30FN7. The normalized spacial score (nSPS) is 20.5. The summed E-state index contributed by atoms with van der Waals surface area (Å²) in [6.07, 6.45) is 5.01. The van der Waals surface area contributed by atoms with Crippen LogP contribution in [0.2, 0.25) is 0 Å². The Kier molecular flexibility index (Phi) is 5.60. The van der Waals surface area contributed by atoms with Crippen molar-refractivity contribution in [2.75, 3.05) is 43.5 Å². The molecular weight excluding hydrogens is 441 g/mol. The average molecular weight is 472 g/mol. The topological polar surface area (TPSA) is 52.8 Å². The second-order valence-electron chi connectivity index (χ2n) is 9.74. The van der Waals surface area contributed by atoms with Crippen molar-refractivity contribution in [3.8, 4) is 11.4 Å². The van der Waals surface area contributed by atoms with Crippen molar-refractivity contribution in [2.45, 2.75) is 31.3 Å². The number of halogens is 1. The summed E-state index contributed by atoms with van der Waals surface area (Å²) in [6, 6.07) is 17.8. The summed E-state index contributed by atoms with van der Waals surface area (Å²) in [6.45, 7) is 2.88. The summed E-state index contributed by atoms with van der Waals surface area (Å²) in [5, 5.41) is 4.98. The predicted molar refractivity (Wildman–Crippen MR) is 136 cm³/mol. The van der Waals surface area contributed by atoms with Crippen LogP contribution < -0.4 is 9.80 Å². The van der Waals surface area contributed by atoms with E-state index in [4.69, 9.17) is 10.1 Å². The van der Waals surface area contributed by atoms with Crippen LogP contribution in [0.3, 0.4) is 0 Å². The highest BCUT2D eigenvalue weighted by Gasteiger charge is 2.28. The van der Waals surface area contributed by atoms with Crippen molar-refractivity contribution in [3.05, 3.63) is 72.2 Å². The van der Waals surface area contributed by atoms with E-state index in [2.05, 4.69) is 45.9 Å². The van der Waals surface area contributed by atoms with Gasteiger partial charge in [-0.15, -0.1) is 5.10 Å². The van der Waals surface area contributed by atoms with Gasteiger partial charge in [-0.2, -0.15) is 0 Å². The Morgan fingerprint density at radius 3 is 2.69 bits per heavy atom. The number of benzene rings is 1. The van der Waals surface area contributed by atoms with Crippen LogP contribution in [-0.4, -0.2) is 64.3 Å². The molecule has 0 radical (unpaired) electrons. The third-order valence-electron chi connectivity index (χ3n) is 7.34. The van der Waals surface area contributed by atoms with Gasteiger partial charge in [0.2, 0.25) is 0 Å². The van der Waals surface area contributed by atoms with Gasteiger partial charge in [0.15, 0.2) is 5.65 Å². The second-order valence-corrected chi connectivity index (χ2v) is 9.74. The molecule has 0 aliphatic carbocycles. The molecule has 0 saturated carbocycles. The van der Waals surface area contributed by atoms with E-state index in [1.807, 2.05) is 35.0 Å². The Morgan fingerprint density at radius 2 is 1.86 bits per heavy atom. The van der Waals surface area contributed by atoms with Crippen molar-refractivity contribution in [1.82, 2.24) is 24.5 Å². The molecule has 4 aromatic rings. The number of hydrogen-bond donors (Lipinski definition) is 0. The monoisotopic (exact) mass is 471 g/mol. The van der Waals surface area contributed by atoms with Gasteiger partial charge in [0, 0.05) is 25.7 Å². The lowest BCUT2D eigenvalue weighted by molar-refractivity contribution is 0.315. The Morgan fingerprint density at radius 1 is 0.971 bits per heavy atom. The number of imidazole rings is 1. The van der Waals surface area contributed by atoms with Crippen molar-refractivity contribution in [2.24, 2.45) is 0 Å². The fraction of sp³-hybridized carbons (Fsp3) is 0.370. The lowest BCUT2D eigenvalue weighted by Crippen LogP contribution is -2.31. The Hall–Kier alpha value is -3.52. The fourth-order valence-electron chi connectivity index (χ4n) is 5.41. The molecule has 1 aromatic carbocycles. The van der Waals surface area contributed by atoms with Crippen molar-refractivity contribution in [1.29, 1.82) is 0 Å². The Labute approximate surface area is 204 Å². The largest absolute Gasteiger partial charge is 0.355 e. The first kappa shape index (κ1) is 22.0. The van der Waals surface area contributed by atoms with Crippen LogP contribution in [0.4, 0.5) is 16.0 Å². The highest BCUT2D eigenvalue weighted by atomic mass is 19.1. The van der Waals surface area contributed by atoms with E-state index in [9.17, 15) is 4.39 Å². The summed E-state index contributed by atoms with van der Waals surface area (Å²) < 4.78 is 15.8. The van der Waals surface area contributed by atoms with Crippen LogP contribution in [0.15, 0.2) is 60.8 Å². The van der Waals surface area contributed by atoms with E-state index >= 15 is 0 Å². The molecule has 1 unspecified atom stereocenters.